The third-order valence-electron chi connectivity index (χ3n) is 4.26. The Morgan fingerprint density at radius 3 is 2.61 bits per heavy atom. The standard InChI is InChI=1S/C20H12Br2N2O3S/c21-13-3-1-11(2-4-13)17(25)10-24-19(26)18(28-20(24)27)7-12-9-23-16-6-5-14(22)8-15(12)16/h1-9,26H,10H2. The minimum Gasteiger partial charge on any atom is -0.493 e. The summed E-state index contributed by atoms with van der Waals surface area (Å²) in [7, 11) is 0. The number of thiazole rings is 1. The Balaban J connectivity index is 1.65. The van der Waals surface area contributed by atoms with Gasteiger partial charge < -0.3 is 5.11 Å². The van der Waals surface area contributed by atoms with Crippen LogP contribution >= 0.6 is 43.2 Å². The Morgan fingerprint density at radius 1 is 1.14 bits per heavy atom. The molecule has 1 aromatic heterocycles. The van der Waals surface area contributed by atoms with Crippen molar-refractivity contribution in [3.05, 3.63) is 77.1 Å². The summed E-state index contributed by atoms with van der Waals surface area (Å²) < 4.78 is 2.87. The number of nitrogens with zero attached hydrogens (tertiary/aromatic N) is 2. The van der Waals surface area contributed by atoms with Crippen molar-refractivity contribution in [2.45, 2.75) is 6.54 Å². The van der Waals surface area contributed by atoms with E-state index in [4.69, 9.17) is 0 Å². The lowest BCUT2D eigenvalue weighted by Gasteiger charge is -2.04. The average molecular weight is 520 g/mol. The Labute approximate surface area is 180 Å². The van der Waals surface area contributed by atoms with Gasteiger partial charge in [0, 0.05) is 31.9 Å². The molecule has 1 aliphatic rings. The predicted molar refractivity (Wildman–Crippen MR) is 119 cm³/mol. The van der Waals surface area contributed by atoms with Crippen LogP contribution in [0.1, 0.15) is 20.8 Å². The molecular weight excluding hydrogens is 508 g/mol. The maximum absolute atomic E-state index is 12.5. The van der Waals surface area contributed by atoms with Crippen molar-refractivity contribution in [2.75, 3.05) is 0 Å². The number of allylic oxidation sites excluding steroid dienone is 1. The fourth-order valence-corrected chi connectivity index (χ4v) is 4.30. The van der Waals surface area contributed by atoms with Crippen molar-refractivity contribution in [2.24, 2.45) is 4.99 Å². The summed E-state index contributed by atoms with van der Waals surface area (Å²) in [6.45, 7) is -0.220. The summed E-state index contributed by atoms with van der Waals surface area (Å²) >= 11 is 7.65. The van der Waals surface area contributed by atoms with Crippen LogP contribution in [0.15, 0.2) is 61.2 Å². The van der Waals surface area contributed by atoms with Crippen LogP contribution in [-0.4, -0.2) is 21.7 Å². The zero-order valence-electron chi connectivity index (χ0n) is 14.2. The first-order valence-electron chi connectivity index (χ1n) is 8.19. The number of rotatable bonds is 4. The van der Waals surface area contributed by atoms with Gasteiger partial charge in [-0.25, -0.2) is 0 Å². The summed E-state index contributed by atoms with van der Waals surface area (Å²) in [4.78, 5) is 29.1. The molecule has 0 aliphatic carbocycles. The van der Waals surface area contributed by atoms with Gasteiger partial charge in [-0.05, 0) is 36.4 Å². The lowest BCUT2D eigenvalue weighted by molar-refractivity contribution is 0.0968. The molecular formula is C20H12Br2N2O3S. The van der Waals surface area contributed by atoms with Crippen molar-refractivity contribution in [3.63, 3.8) is 0 Å². The van der Waals surface area contributed by atoms with E-state index in [-0.39, 0.29) is 23.1 Å². The summed E-state index contributed by atoms with van der Waals surface area (Å²) in [5.74, 6) is -0.469. The molecule has 28 heavy (non-hydrogen) atoms. The van der Waals surface area contributed by atoms with Gasteiger partial charge in [0.05, 0.1) is 17.1 Å². The van der Waals surface area contributed by atoms with Gasteiger partial charge in [0.25, 0.3) is 0 Å². The second kappa shape index (κ2) is 7.62. The molecule has 3 aromatic rings. The summed E-state index contributed by atoms with van der Waals surface area (Å²) in [6, 6.07) is 12.6. The quantitative estimate of drug-likeness (QED) is 0.476. The van der Waals surface area contributed by atoms with Crippen molar-refractivity contribution >= 4 is 72.5 Å². The highest BCUT2D eigenvalue weighted by Crippen LogP contribution is 2.36. The number of benzene rings is 2. The minimum absolute atomic E-state index is 0.218. The smallest absolute Gasteiger partial charge is 0.311 e. The zero-order chi connectivity index (χ0) is 19.8. The predicted octanol–water partition coefficient (Wildman–Crippen LogP) is 5.28. The van der Waals surface area contributed by atoms with Gasteiger partial charge >= 0.3 is 4.87 Å². The van der Waals surface area contributed by atoms with E-state index in [0.717, 1.165) is 41.7 Å². The van der Waals surface area contributed by atoms with Crippen molar-refractivity contribution in [1.29, 1.82) is 0 Å². The molecule has 0 saturated heterocycles. The highest BCUT2D eigenvalue weighted by atomic mass is 79.9. The fourth-order valence-electron chi connectivity index (χ4n) is 2.84. The van der Waals surface area contributed by atoms with Crippen LogP contribution in [0, 0.1) is 0 Å². The van der Waals surface area contributed by atoms with E-state index in [1.54, 1.807) is 36.6 Å². The molecule has 2 heterocycles. The molecule has 4 rings (SSSR count). The van der Waals surface area contributed by atoms with Crippen molar-refractivity contribution < 1.29 is 9.90 Å². The molecule has 2 aromatic carbocycles. The van der Waals surface area contributed by atoms with Gasteiger partial charge in [-0.15, -0.1) is 0 Å². The number of carbonyl (C=O) groups is 1. The summed E-state index contributed by atoms with van der Waals surface area (Å²) in [5, 5.41) is 10.5. The fraction of sp³-hybridized carbons (Fsp3) is 0.0500. The van der Waals surface area contributed by atoms with E-state index < -0.39 is 0 Å². The van der Waals surface area contributed by atoms with E-state index >= 15 is 0 Å². The van der Waals surface area contributed by atoms with Crippen molar-refractivity contribution in [3.8, 4) is 5.88 Å². The van der Waals surface area contributed by atoms with Crippen LogP contribution in [0.2, 0.25) is 0 Å². The first kappa shape index (κ1) is 19.0. The van der Waals surface area contributed by atoms with Gasteiger partial charge in [-0.3, -0.25) is 19.1 Å². The van der Waals surface area contributed by atoms with Crippen LogP contribution in [0.25, 0.3) is 11.6 Å². The van der Waals surface area contributed by atoms with Gasteiger partial charge in [0.2, 0.25) is 5.88 Å². The number of aromatic nitrogens is 1. The van der Waals surface area contributed by atoms with Crippen LogP contribution < -0.4 is 4.87 Å². The number of carbonyl (C=O) groups excluding carboxylic acids is 1. The van der Waals surface area contributed by atoms with E-state index in [1.807, 2.05) is 18.2 Å². The average Bonchev–Trinajstić information content (AvgIpc) is 3.18. The molecule has 1 aliphatic heterocycles. The van der Waals surface area contributed by atoms with Gasteiger partial charge in [0.15, 0.2) is 5.78 Å². The molecule has 1 N–H and O–H groups in total. The number of Topliss-reactive ketones (excluding diaryl/α,β-unsaturated/α-hetero) is 1. The van der Waals surface area contributed by atoms with E-state index in [0.29, 0.717) is 10.4 Å². The van der Waals surface area contributed by atoms with E-state index in [2.05, 4.69) is 36.9 Å². The first-order chi connectivity index (χ1) is 13.4. The maximum Gasteiger partial charge on any atom is 0.311 e. The molecule has 0 unspecified atom stereocenters. The molecule has 0 fully saturated rings. The van der Waals surface area contributed by atoms with Gasteiger partial charge in [-0.2, -0.15) is 0 Å². The lowest BCUT2D eigenvalue weighted by atomic mass is 10.1. The summed E-state index contributed by atoms with van der Waals surface area (Å²) in [5.41, 5.74) is 3.00. The molecule has 8 heteroatoms. The number of aromatic hydroxyl groups is 1. The first-order valence-corrected chi connectivity index (χ1v) is 10.6. The molecule has 140 valence electrons. The second-order valence-electron chi connectivity index (χ2n) is 6.09. The monoisotopic (exact) mass is 518 g/mol. The highest BCUT2D eigenvalue weighted by molar-refractivity contribution is 9.10. The van der Waals surface area contributed by atoms with Crippen molar-refractivity contribution in [1.82, 2.24) is 4.57 Å². The zero-order valence-corrected chi connectivity index (χ0v) is 18.2. The summed E-state index contributed by atoms with van der Waals surface area (Å²) in [6.07, 6.45) is 3.40. The molecule has 0 bridgehead atoms. The highest BCUT2D eigenvalue weighted by Gasteiger charge is 2.19. The van der Waals surface area contributed by atoms with Gasteiger partial charge in [0.1, 0.15) is 0 Å². The molecule has 5 nitrogen and oxygen atoms in total. The van der Waals surface area contributed by atoms with Crippen LogP contribution in [0.3, 0.4) is 0 Å². The van der Waals surface area contributed by atoms with Crippen LogP contribution in [-0.2, 0) is 6.54 Å². The lowest BCUT2D eigenvalue weighted by Crippen LogP contribution is -2.19. The Kier molecular flexibility index (Phi) is 5.18. The number of hydrogen-bond donors (Lipinski definition) is 1. The molecule has 0 amide bonds. The number of halogens is 2. The Hall–Kier alpha value is -2.29. The molecule has 0 saturated carbocycles. The Bertz CT molecular complexity index is 1210. The topological polar surface area (TPSA) is 71.7 Å². The second-order valence-corrected chi connectivity index (χ2v) is 8.92. The number of ketones is 1. The number of aliphatic imine (C=N–C) groups is 1. The molecule has 0 radical (unpaired) electrons. The van der Waals surface area contributed by atoms with E-state index in [1.165, 1.54) is 0 Å². The number of hydrogen-bond acceptors (Lipinski definition) is 5. The normalized spacial score (nSPS) is 13.9. The Morgan fingerprint density at radius 2 is 1.86 bits per heavy atom. The third kappa shape index (κ3) is 3.67. The van der Waals surface area contributed by atoms with Crippen LogP contribution in [0.5, 0.6) is 5.88 Å². The van der Waals surface area contributed by atoms with E-state index in [9.17, 15) is 14.7 Å². The van der Waals surface area contributed by atoms with Gasteiger partial charge in [-0.1, -0.05) is 55.3 Å². The third-order valence-corrected chi connectivity index (χ3v) is 6.20. The molecule has 0 atom stereocenters. The van der Waals surface area contributed by atoms with Crippen LogP contribution in [0.4, 0.5) is 5.69 Å². The molecule has 0 spiro atoms. The SMILES string of the molecule is O=C(Cn1c(O)c(C=C2C=Nc3ccc(Br)cc32)sc1=O)c1ccc(Br)cc1. The number of fused-ring (bicyclic) bond motifs is 1. The largest absolute Gasteiger partial charge is 0.493 e. The maximum atomic E-state index is 12.5. The minimum atomic E-state index is -0.390.